The Morgan fingerprint density at radius 3 is 2.52 bits per heavy atom. The molecule has 3 heterocycles. The average Bonchev–Trinajstić information content (AvgIpc) is 3.52. The molecule has 0 spiro atoms. The summed E-state index contributed by atoms with van der Waals surface area (Å²) in [5.74, 6) is -0.0468. The number of aromatic nitrogens is 3. The minimum absolute atomic E-state index is 0.367. The van der Waals surface area contributed by atoms with Crippen LogP contribution in [0, 0.1) is 6.92 Å². The van der Waals surface area contributed by atoms with Crippen molar-refractivity contribution in [3.8, 4) is 5.75 Å². The zero-order valence-corrected chi connectivity index (χ0v) is 18.5. The van der Waals surface area contributed by atoms with Crippen LogP contribution in [0.5, 0.6) is 5.75 Å². The van der Waals surface area contributed by atoms with E-state index in [1.165, 1.54) is 0 Å². The SMILES string of the molecule is COc1ccc2c(c1)c(C1=C(c3ccccc3C)C(=O)NC1=O)cn2CCCn1ccnc1. The average molecular weight is 441 g/mol. The van der Waals surface area contributed by atoms with E-state index in [4.69, 9.17) is 4.74 Å². The minimum atomic E-state index is -0.376. The summed E-state index contributed by atoms with van der Waals surface area (Å²) >= 11 is 0. The highest BCUT2D eigenvalue weighted by atomic mass is 16.5. The fourth-order valence-corrected chi connectivity index (χ4v) is 4.45. The van der Waals surface area contributed by atoms with Crippen LogP contribution in [-0.2, 0) is 22.7 Å². The van der Waals surface area contributed by atoms with E-state index in [1.54, 1.807) is 19.6 Å². The van der Waals surface area contributed by atoms with Gasteiger partial charge in [0.2, 0.25) is 0 Å². The molecule has 0 saturated heterocycles. The van der Waals surface area contributed by atoms with Gasteiger partial charge in [-0.25, -0.2) is 4.98 Å². The summed E-state index contributed by atoms with van der Waals surface area (Å²) in [6.07, 6.45) is 8.38. The first-order valence-electron chi connectivity index (χ1n) is 10.9. The maximum atomic E-state index is 13.0. The number of carbonyl (C=O) groups is 2. The first-order chi connectivity index (χ1) is 16.1. The Morgan fingerprint density at radius 2 is 1.79 bits per heavy atom. The van der Waals surface area contributed by atoms with E-state index in [-0.39, 0.29) is 11.8 Å². The molecule has 7 nitrogen and oxygen atoms in total. The zero-order valence-electron chi connectivity index (χ0n) is 18.5. The van der Waals surface area contributed by atoms with Crippen molar-refractivity contribution in [3.05, 3.63) is 84.1 Å². The van der Waals surface area contributed by atoms with E-state index >= 15 is 0 Å². The van der Waals surface area contributed by atoms with Crippen molar-refractivity contribution < 1.29 is 14.3 Å². The van der Waals surface area contributed by atoms with Gasteiger partial charge in [0.1, 0.15) is 5.75 Å². The van der Waals surface area contributed by atoms with Gasteiger partial charge in [-0.2, -0.15) is 0 Å². The quantitative estimate of drug-likeness (QED) is 0.443. The second kappa shape index (κ2) is 8.43. The summed E-state index contributed by atoms with van der Waals surface area (Å²) in [6.45, 7) is 3.53. The molecule has 7 heteroatoms. The van der Waals surface area contributed by atoms with Crippen molar-refractivity contribution >= 4 is 33.9 Å². The fraction of sp³-hybridized carbons (Fsp3) is 0.192. The maximum Gasteiger partial charge on any atom is 0.259 e. The molecular weight excluding hydrogens is 416 g/mol. The van der Waals surface area contributed by atoms with Crippen LogP contribution in [-0.4, -0.2) is 33.0 Å². The number of amides is 2. The third-order valence-corrected chi connectivity index (χ3v) is 6.08. The van der Waals surface area contributed by atoms with Crippen molar-refractivity contribution in [2.75, 3.05) is 7.11 Å². The molecule has 0 aliphatic carbocycles. The highest BCUT2D eigenvalue weighted by Crippen LogP contribution is 2.38. The standard InChI is InChI=1S/C26H24N4O3/c1-17-6-3-4-7-19(17)23-24(26(32)28-25(23)31)21-15-30(12-5-11-29-13-10-27-16-29)22-9-8-18(33-2)14-20(21)22/h3-4,6-10,13-16H,5,11-12H2,1-2H3,(H,28,31,32). The molecule has 166 valence electrons. The van der Waals surface area contributed by atoms with Gasteiger partial charge >= 0.3 is 0 Å². The Hall–Kier alpha value is -4.13. The molecule has 1 aliphatic heterocycles. The Morgan fingerprint density at radius 1 is 1.00 bits per heavy atom. The molecule has 0 saturated carbocycles. The van der Waals surface area contributed by atoms with Crippen LogP contribution in [0.4, 0.5) is 0 Å². The summed E-state index contributed by atoms with van der Waals surface area (Å²) in [5.41, 5.74) is 4.24. The molecule has 5 rings (SSSR count). The van der Waals surface area contributed by atoms with Crippen LogP contribution in [0.1, 0.15) is 23.1 Å². The van der Waals surface area contributed by atoms with Crippen LogP contribution >= 0.6 is 0 Å². The lowest BCUT2D eigenvalue weighted by molar-refractivity contribution is -0.122. The first kappa shape index (κ1) is 20.8. The number of hydrogen-bond acceptors (Lipinski definition) is 4. The number of carbonyl (C=O) groups excluding carboxylic acids is 2. The predicted octanol–water partition coefficient (Wildman–Crippen LogP) is 3.81. The van der Waals surface area contributed by atoms with Gasteiger partial charge < -0.3 is 13.9 Å². The topological polar surface area (TPSA) is 78.1 Å². The van der Waals surface area contributed by atoms with Gasteiger partial charge in [0, 0.05) is 48.1 Å². The van der Waals surface area contributed by atoms with Crippen LogP contribution in [0.25, 0.3) is 22.0 Å². The molecule has 4 aromatic rings. The molecule has 33 heavy (non-hydrogen) atoms. The zero-order chi connectivity index (χ0) is 22.9. The number of imide groups is 1. The molecule has 2 aromatic carbocycles. The number of methoxy groups -OCH3 is 1. The molecule has 0 atom stereocenters. The summed E-state index contributed by atoms with van der Waals surface area (Å²) < 4.78 is 9.63. The van der Waals surface area contributed by atoms with Crippen molar-refractivity contribution in [2.24, 2.45) is 0 Å². The van der Waals surface area contributed by atoms with Gasteiger partial charge in [-0.3, -0.25) is 14.9 Å². The number of nitrogens with one attached hydrogen (secondary N) is 1. The van der Waals surface area contributed by atoms with E-state index in [2.05, 4.69) is 14.9 Å². The highest BCUT2D eigenvalue weighted by molar-refractivity contribution is 6.50. The number of fused-ring (bicyclic) bond motifs is 1. The van der Waals surface area contributed by atoms with Crippen molar-refractivity contribution in [2.45, 2.75) is 26.4 Å². The largest absolute Gasteiger partial charge is 0.497 e. The summed E-state index contributed by atoms with van der Waals surface area (Å²) in [5, 5.41) is 3.38. The lowest BCUT2D eigenvalue weighted by Gasteiger charge is -2.07. The van der Waals surface area contributed by atoms with Gasteiger partial charge in [0.15, 0.2) is 0 Å². The molecule has 0 fully saturated rings. The van der Waals surface area contributed by atoms with Crippen molar-refractivity contribution in [1.29, 1.82) is 0 Å². The number of hydrogen-bond donors (Lipinski definition) is 1. The van der Waals surface area contributed by atoms with Crippen LogP contribution in [0.15, 0.2) is 67.4 Å². The van der Waals surface area contributed by atoms with Crippen LogP contribution < -0.4 is 10.1 Å². The maximum absolute atomic E-state index is 13.0. The van der Waals surface area contributed by atoms with Crippen molar-refractivity contribution in [3.63, 3.8) is 0 Å². The van der Waals surface area contributed by atoms with E-state index in [1.807, 2.05) is 66.3 Å². The van der Waals surface area contributed by atoms with Gasteiger partial charge in [0.05, 0.1) is 24.6 Å². The Kier molecular flexibility index (Phi) is 5.30. The Labute approximate surface area is 191 Å². The van der Waals surface area contributed by atoms with Gasteiger partial charge in [-0.05, 0) is 42.7 Å². The Bertz CT molecular complexity index is 1400. The molecular formula is C26H24N4O3. The lowest BCUT2D eigenvalue weighted by Crippen LogP contribution is -2.22. The van der Waals surface area contributed by atoms with Crippen LogP contribution in [0.2, 0.25) is 0 Å². The number of benzene rings is 2. The van der Waals surface area contributed by atoms with Gasteiger partial charge in [0.25, 0.3) is 11.8 Å². The molecule has 2 amide bonds. The minimum Gasteiger partial charge on any atom is -0.497 e. The molecule has 2 aromatic heterocycles. The molecule has 0 radical (unpaired) electrons. The van der Waals surface area contributed by atoms with E-state index < -0.39 is 0 Å². The predicted molar refractivity (Wildman–Crippen MR) is 126 cm³/mol. The molecule has 0 bridgehead atoms. The monoisotopic (exact) mass is 440 g/mol. The summed E-state index contributed by atoms with van der Waals surface area (Å²) in [6, 6.07) is 13.5. The summed E-state index contributed by atoms with van der Waals surface area (Å²) in [4.78, 5) is 30.0. The van der Waals surface area contributed by atoms with E-state index in [9.17, 15) is 9.59 Å². The van der Waals surface area contributed by atoms with Gasteiger partial charge in [-0.15, -0.1) is 0 Å². The number of ether oxygens (including phenoxy) is 1. The number of aryl methyl sites for hydroxylation is 3. The lowest BCUT2D eigenvalue weighted by atomic mass is 9.93. The van der Waals surface area contributed by atoms with Gasteiger partial charge in [-0.1, -0.05) is 24.3 Å². The van der Waals surface area contributed by atoms with E-state index in [0.717, 1.165) is 47.1 Å². The third kappa shape index (κ3) is 3.71. The number of nitrogens with zero attached hydrogens (tertiary/aromatic N) is 3. The molecule has 1 aliphatic rings. The highest BCUT2D eigenvalue weighted by Gasteiger charge is 2.34. The second-order valence-corrected chi connectivity index (χ2v) is 8.12. The normalized spacial score (nSPS) is 13.8. The molecule has 1 N–H and O–H groups in total. The van der Waals surface area contributed by atoms with Crippen molar-refractivity contribution in [1.82, 2.24) is 19.4 Å². The fourth-order valence-electron chi connectivity index (χ4n) is 4.45. The second-order valence-electron chi connectivity index (χ2n) is 8.12. The first-order valence-corrected chi connectivity index (χ1v) is 10.9. The van der Waals surface area contributed by atoms with E-state index in [0.29, 0.717) is 16.9 Å². The Balaban J connectivity index is 1.65. The molecule has 0 unspecified atom stereocenters. The smallest absolute Gasteiger partial charge is 0.259 e. The summed E-state index contributed by atoms with van der Waals surface area (Å²) in [7, 11) is 1.62. The number of imidazole rings is 1. The third-order valence-electron chi connectivity index (χ3n) is 6.08. The number of rotatable bonds is 7. The van der Waals surface area contributed by atoms with Crippen LogP contribution in [0.3, 0.4) is 0 Å².